The Balaban J connectivity index is 0.000000850. The molecule has 2 unspecified atom stereocenters. The first-order valence-corrected chi connectivity index (χ1v) is 12.8. The lowest BCUT2D eigenvalue weighted by atomic mass is 9.88. The van der Waals surface area contributed by atoms with Crippen LogP contribution in [0.2, 0.25) is 0 Å². The topological polar surface area (TPSA) is 106 Å². The molecule has 4 rings (SSSR count). The number of methoxy groups -OCH3 is 1. The van der Waals surface area contributed by atoms with Crippen LogP contribution in [0.15, 0.2) is 29.3 Å². The van der Waals surface area contributed by atoms with Gasteiger partial charge < -0.3 is 20.5 Å². The molecule has 1 aliphatic carbocycles. The van der Waals surface area contributed by atoms with E-state index in [1.165, 1.54) is 0 Å². The number of carbonyl (C=O) groups excluding carboxylic acids is 2. The summed E-state index contributed by atoms with van der Waals surface area (Å²) in [5.41, 5.74) is 6.47. The average molecular weight is 503 g/mol. The lowest BCUT2D eigenvalue weighted by Gasteiger charge is -2.38. The van der Waals surface area contributed by atoms with E-state index in [-0.39, 0.29) is 48.3 Å². The number of hydrogen-bond donors (Lipinski definition) is 2. The Kier molecular flexibility index (Phi) is 9.94. The highest BCUT2D eigenvalue weighted by Crippen LogP contribution is 2.43. The summed E-state index contributed by atoms with van der Waals surface area (Å²) in [6.45, 7) is 11.4. The standard InChI is InChI=1S/C24H34N4O3.C3H8O.CH4/c1-5-24(6-2)13-20(29)28(22(25)27-24)14-15-11-17(15)21(30)26-18-12-23(3,4)31-19-10-8-7-9-16(18)19;1-3-4-2;/h7-10,15,17-18H,5-6,11-14H2,1-4H3,(H2,25,27)(H,26,30);3H2,1-2H3;1H4/t15-,17?,18?;;/m1../s1. The molecule has 8 nitrogen and oxygen atoms in total. The number of guanidine groups is 1. The molecular formula is C28H46N4O4. The summed E-state index contributed by atoms with van der Waals surface area (Å²) >= 11 is 0. The van der Waals surface area contributed by atoms with Crippen molar-refractivity contribution in [1.82, 2.24) is 10.2 Å². The second kappa shape index (κ2) is 12.1. The van der Waals surface area contributed by atoms with Crippen molar-refractivity contribution in [3.8, 4) is 5.75 Å². The van der Waals surface area contributed by atoms with Crippen molar-refractivity contribution < 1.29 is 19.1 Å². The van der Waals surface area contributed by atoms with Crippen molar-refractivity contribution in [2.24, 2.45) is 22.6 Å². The van der Waals surface area contributed by atoms with Crippen molar-refractivity contribution in [2.45, 2.75) is 91.3 Å². The minimum absolute atomic E-state index is 0. The Hall–Kier alpha value is -2.61. The number of para-hydroxylation sites is 1. The van der Waals surface area contributed by atoms with Crippen molar-refractivity contribution in [1.29, 1.82) is 0 Å². The average Bonchev–Trinajstić information content (AvgIpc) is 3.60. The number of benzene rings is 1. The zero-order chi connectivity index (χ0) is 25.8. The summed E-state index contributed by atoms with van der Waals surface area (Å²) < 4.78 is 10.6. The Labute approximate surface area is 217 Å². The largest absolute Gasteiger partial charge is 0.487 e. The van der Waals surface area contributed by atoms with Gasteiger partial charge in [0.05, 0.1) is 18.0 Å². The van der Waals surface area contributed by atoms with Gasteiger partial charge in [-0.05, 0) is 52.0 Å². The van der Waals surface area contributed by atoms with Gasteiger partial charge in [0.1, 0.15) is 11.4 Å². The minimum atomic E-state index is -0.374. The van der Waals surface area contributed by atoms with Gasteiger partial charge in [0, 0.05) is 38.2 Å². The first kappa shape index (κ1) is 29.6. The van der Waals surface area contributed by atoms with Gasteiger partial charge in [0.25, 0.3) is 0 Å². The number of ether oxygens (including phenoxy) is 2. The SMILES string of the molecule is C.CCC1(CC)CC(=O)N(C[C@H]2CC2C(=O)NC2CC(C)(C)Oc3ccccc32)C(N)=N1.CCOC. The van der Waals surface area contributed by atoms with E-state index in [9.17, 15) is 9.59 Å². The maximum atomic E-state index is 13.0. The number of hydrogen-bond acceptors (Lipinski definition) is 6. The number of fused-ring (bicyclic) bond motifs is 1. The highest BCUT2D eigenvalue weighted by Gasteiger charge is 2.47. The van der Waals surface area contributed by atoms with Gasteiger partial charge in [-0.3, -0.25) is 14.5 Å². The van der Waals surface area contributed by atoms with Gasteiger partial charge in [0.2, 0.25) is 11.8 Å². The van der Waals surface area contributed by atoms with Gasteiger partial charge in [-0.15, -0.1) is 0 Å². The molecule has 2 aliphatic heterocycles. The maximum Gasteiger partial charge on any atom is 0.231 e. The molecular weight excluding hydrogens is 456 g/mol. The van der Waals surface area contributed by atoms with E-state index in [2.05, 4.69) is 15.0 Å². The summed E-state index contributed by atoms with van der Waals surface area (Å²) in [6.07, 6.45) is 3.46. The molecule has 3 aliphatic rings. The molecule has 1 aromatic rings. The quantitative estimate of drug-likeness (QED) is 0.573. The third-order valence-corrected chi connectivity index (χ3v) is 7.38. The Morgan fingerprint density at radius 1 is 1.25 bits per heavy atom. The van der Waals surface area contributed by atoms with E-state index in [1.807, 2.05) is 58.9 Å². The number of nitrogens with two attached hydrogens (primary N) is 1. The Bertz CT molecular complexity index is 939. The molecule has 3 N–H and O–H groups in total. The predicted octanol–water partition coefficient (Wildman–Crippen LogP) is 4.44. The van der Waals surface area contributed by atoms with E-state index < -0.39 is 0 Å². The summed E-state index contributed by atoms with van der Waals surface area (Å²) in [7, 11) is 1.68. The van der Waals surface area contributed by atoms with Crippen LogP contribution in [0.25, 0.3) is 0 Å². The van der Waals surface area contributed by atoms with E-state index >= 15 is 0 Å². The first-order chi connectivity index (χ1) is 16.6. The molecule has 0 radical (unpaired) electrons. The molecule has 3 atom stereocenters. The fourth-order valence-electron chi connectivity index (χ4n) is 4.92. The second-order valence-electron chi connectivity index (χ2n) is 10.4. The van der Waals surface area contributed by atoms with Crippen LogP contribution in [-0.2, 0) is 14.3 Å². The highest BCUT2D eigenvalue weighted by atomic mass is 16.5. The molecule has 36 heavy (non-hydrogen) atoms. The summed E-state index contributed by atoms with van der Waals surface area (Å²) in [4.78, 5) is 32.0. The van der Waals surface area contributed by atoms with Crippen LogP contribution in [0.4, 0.5) is 0 Å². The van der Waals surface area contributed by atoms with Gasteiger partial charge >= 0.3 is 0 Å². The first-order valence-electron chi connectivity index (χ1n) is 12.8. The van der Waals surface area contributed by atoms with Crippen LogP contribution in [0.1, 0.15) is 85.8 Å². The number of nitrogens with one attached hydrogen (secondary N) is 1. The molecule has 0 saturated heterocycles. The van der Waals surface area contributed by atoms with Gasteiger partial charge in [-0.2, -0.15) is 0 Å². The normalized spacial score (nSPS) is 25.2. The van der Waals surface area contributed by atoms with Gasteiger partial charge in [-0.25, -0.2) is 4.99 Å². The fourth-order valence-corrected chi connectivity index (χ4v) is 4.92. The van der Waals surface area contributed by atoms with Crippen LogP contribution in [0.5, 0.6) is 5.75 Å². The molecule has 1 saturated carbocycles. The lowest BCUT2D eigenvalue weighted by Crippen LogP contribution is -2.52. The zero-order valence-electron chi connectivity index (χ0n) is 22.1. The van der Waals surface area contributed by atoms with Crippen molar-refractivity contribution in [2.75, 3.05) is 20.3 Å². The van der Waals surface area contributed by atoms with E-state index in [0.29, 0.717) is 25.3 Å². The number of nitrogens with zero attached hydrogens (tertiary/aromatic N) is 2. The van der Waals surface area contributed by atoms with Crippen LogP contribution in [0.3, 0.4) is 0 Å². The summed E-state index contributed by atoms with van der Waals surface area (Å²) in [5, 5.41) is 3.23. The van der Waals surface area contributed by atoms with Gasteiger partial charge in [-0.1, -0.05) is 39.5 Å². The molecule has 2 amide bonds. The monoisotopic (exact) mass is 502 g/mol. The predicted molar refractivity (Wildman–Crippen MR) is 144 cm³/mol. The third-order valence-electron chi connectivity index (χ3n) is 7.38. The van der Waals surface area contributed by atoms with E-state index in [0.717, 1.165) is 37.2 Å². The maximum absolute atomic E-state index is 13.0. The molecule has 202 valence electrons. The molecule has 0 spiro atoms. The van der Waals surface area contributed by atoms with Crippen LogP contribution in [0, 0.1) is 11.8 Å². The third kappa shape index (κ3) is 6.78. The molecule has 0 aromatic heterocycles. The number of carbonyl (C=O) groups is 2. The van der Waals surface area contributed by atoms with E-state index in [4.69, 9.17) is 10.5 Å². The van der Waals surface area contributed by atoms with Crippen LogP contribution in [-0.4, -0.2) is 54.1 Å². The molecule has 1 aromatic carbocycles. The van der Waals surface area contributed by atoms with Crippen molar-refractivity contribution >= 4 is 17.8 Å². The summed E-state index contributed by atoms with van der Waals surface area (Å²) in [5.74, 6) is 1.21. The Morgan fingerprint density at radius 3 is 2.47 bits per heavy atom. The number of rotatable bonds is 7. The number of aliphatic imine (C=N–C) groups is 1. The molecule has 0 bridgehead atoms. The van der Waals surface area contributed by atoms with Crippen molar-refractivity contribution in [3.63, 3.8) is 0 Å². The van der Waals surface area contributed by atoms with Crippen LogP contribution < -0.4 is 15.8 Å². The highest BCUT2D eigenvalue weighted by molar-refractivity contribution is 5.99. The molecule has 1 fully saturated rings. The van der Waals surface area contributed by atoms with Gasteiger partial charge in [0.15, 0.2) is 5.96 Å². The van der Waals surface area contributed by atoms with Crippen molar-refractivity contribution in [3.05, 3.63) is 29.8 Å². The second-order valence-corrected chi connectivity index (χ2v) is 10.4. The van der Waals surface area contributed by atoms with Crippen LogP contribution >= 0.6 is 0 Å². The molecule has 2 heterocycles. The number of amides is 2. The lowest BCUT2D eigenvalue weighted by molar-refractivity contribution is -0.130. The zero-order valence-corrected chi connectivity index (χ0v) is 22.1. The molecule has 8 heteroatoms. The minimum Gasteiger partial charge on any atom is -0.487 e. The summed E-state index contributed by atoms with van der Waals surface area (Å²) in [6, 6.07) is 7.80. The fraction of sp³-hybridized carbons (Fsp3) is 0.679. The van der Waals surface area contributed by atoms with E-state index in [1.54, 1.807) is 12.0 Å². The smallest absolute Gasteiger partial charge is 0.231 e. The Morgan fingerprint density at radius 2 is 1.89 bits per heavy atom.